The van der Waals surface area contributed by atoms with Crippen molar-refractivity contribution in [2.75, 3.05) is 13.7 Å². The minimum absolute atomic E-state index is 0.368. The van der Waals surface area contributed by atoms with Gasteiger partial charge in [-0.05, 0) is 25.3 Å². The Morgan fingerprint density at radius 3 is 2.75 bits per heavy atom. The molecule has 0 saturated heterocycles. The van der Waals surface area contributed by atoms with Crippen molar-refractivity contribution in [3.63, 3.8) is 0 Å². The van der Waals surface area contributed by atoms with Gasteiger partial charge in [0.25, 0.3) is 0 Å². The summed E-state index contributed by atoms with van der Waals surface area (Å²) < 4.78 is 7.67. The summed E-state index contributed by atoms with van der Waals surface area (Å²) in [5.41, 5.74) is 1.24. The largest absolute Gasteiger partial charge is 0.493 e. The van der Waals surface area contributed by atoms with Gasteiger partial charge in [-0.3, -0.25) is 4.68 Å². The summed E-state index contributed by atoms with van der Waals surface area (Å²) in [5.74, 6) is 1.79. The van der Waals surface area contributed by atoms with E-state index in [9.17, 15) is 0 Å². The smallest absolute Gasteiger partial charge is 0.161 e. The van der Waals surface area contributed by atoms with Gasteiger partial charge >= 0.3 is 0 Å². The lowest BCUT2D eigenvalue weighted by molar-refractivity contribution is 0.354. The summed E-state index contributed by atoms with van der Waals surface area (Å²) in [7, 11) is 1.75. The predicted molar refractivity (Wildman–Crippen MR) is 82.1 cm³/mol. The molecule has 0 aliphatic heterocycles. The Labute approximate surface area is 122 Å². The second kappa shape index (κ2) is 7.67. The molecule has 0 spiro atoms. The van der Waals surface area contributed by atoms with Gasteiger partial charge in [0.1, 0.15) is 0 Å². The summed E-state index contributed by atoms with van der Waals surface area (Å²) in [4.78, 5) is 0. The first-order chi connectivity index (χ1) is 9.80. The Kier molecular flexibility index (Phi) is 5.89. The normalized spacial score (nSPS) is 17.6. The zero-order valence-corrected chi connectivity index (χ0v) is 13.2. The van der Waals surface area contributed by atoms with Crippen LogP contribution in [0.2, 0.25) is 0 Å². The average Bonchev–Trinajstić information content (AvgIpc) is 3.08. The lowest BCUT2D eigenvalue weighted by atomic mass is 9.96. The standard InChI is InChI=1S/C16H29N3O/c1-4-10-19-16(15(20-3)12-18-19)14(17-5-2)11-13-8-6-7-9-13/h12-14,17H,4-11H2,1-3H3. The fourth-order valence-corrected chi connectivity index (χ4v) is 3.39. The zero-order chi connectivity index (χ0) is 14.4. The first-order valence-electron chi connectivity index (χ1n) is 8.13. The van der Waals surface area contributed by atoms with E-state index in [1.165, 1.54) is 37.8 Å². The molecule has 1 saturated carbocycles. The van der Waals surface area contributed by atoms with Gasteiger partial charge in [-0.25, -0.2) is 0 Å². The van der Waals surface area contributed by atoms with Crippen LogP contribution in [0.25, 0.3) is 0 Å². The predicted octanol–water partition coefficient (Wildman–Crippen LogP) is 3.53. The molecule has 114 valence electrons. The molecule has 1 aliphatic carbocycles. The average molecular weight is 279 g/mol. The molecule has 4 heteroatoms. The highest BCUT2D eigenvalue weighted by molar-refractivity contribution is 5.28. The van der Waals surface area contributed by atoms with Crippen LogP contribution in [0.5, 0.6) is 5.75 Å². The molecule has 1 unspecified atom stereocenters. The van der Waals surface area contributed by atoms with Crippen LogP contribution in [-0.2, 0) is 6.54 Å². The van der Waals surface area contributed by atoms with E-state index >= 15 is 0 Å². The van der Waals surface area contributed by atoms with E-state index in [2.05, 4.69) is 28.9 Å². The van der Waals surface area contributed by atoms with Crippen LogP contribution in [0.15, 0.2) is 6.20 Å². The molecule has 0 bridgehead atoms. The van der Waals surface area contributed by atoms with Crippen LogP contribution < -0.4 is 10.1 Å². The van der Waals surface area contributed by atoms with Crippen molar-refractivity contribution in [2.24, 2.45) is 5.92 Å². The number of aryl methyl sites for hydroxylation is 1. The third-order valence-electron chi connectivity index (χ3n) is 4.32. The molecule has 1 atom stereocenters. The van der Waals surface area contributed by atoms with E-state index < -0.39 is 0 Å². The van der Waals surface area contributed by atoms with Crippen LogP contribution in [0.1, 0.15) is 64.1 Å². The highest BCUT2D eigenvalue weighted by Crippen LogP contribution is 2.35. The molecule has 4 nitrogen and oxygen atoms in total. The molecule has 1 fully saturated rings. The maximum absolute atomic E-state index is 5.54. The van der Waals surface area contributed by atoms with Crippen molar-refractivity contribution in [3.05, 3.63) is 11.9 Å². The molecule has 0 aromatic carbocycles. The molecule has 1 aromatic heterocycles. The van der Waals surface area contributed by atoms with Gasteiger partial charge in [0, 0.05) is 6.54 Å². The number of ether oxygens (including phenoxy) is 1. The maximum Gasteiger partial charge on any atom is 0.161 e. The Hall–Kier alpha value is -1.03. The number of aromatic nitrogens is 2. The molecular formula is C16H29N3O. The van der Waals surface area contributed by atoms with Gasteiger partial charge in [0.05, 0.1) is 25.0 Å². The Balaban J connectivity index is 2.19. The van der Waals surface area contributed by atoms with Gasteiger partial charge < -0.3 is 10.1 Å². The van der Waals surface area contributed by atoms with Gasteiger partial charge in [0.2, 0.25) is 0 Å². The van der Waals surface area contributed by atoms with E-state index in [1.54, 1.807) is 7.11 Å². The van der Waals surface area contributed by atoms with Gasteiger partial charge in [-0.1, -0.05) is 39.5 Å². The molecular weight excluding hydrogens is 250 g/mol. The number of nitrogens with zero attached hydrogens (tertiary/aromatic N) is 2. The second-order valence-electron chi connectivity index (χ2n) is 5.82. The maximum atomic E-state index is 5.54. The van der Waals surface area contributed by atoms with E-state index in [4.69, 9.17) is 4.74 Å². The second-order valence-corrected chi connectivity index (χ2v) is 5.82. The summed E-state index contributed by atoms with van der Waals surface area (Å²) in [6, 6.07) is 0.368. The topological polar surface area (TPSA) is 39.1 Å². The number of hydrogen-bond donors (Lipinski definition) is 1. The van der Waals surface area contributed by atoms with Gasteiger partial charge in [-0.15, -0.1) is 0 Å². The molecule has 2 rings (SSSR count). The van der Waals surface area contributed by atoms with E-state index in [-0.39, 0.29) is 0 Å². The van der Waals surface area contributed by atoms with Crippen molar-refractivity contribution in [1.29, 1.82) is 0 Å². The first-order valence-corrected chi connectivity index (χ1v) is 8.13. The molecule has 1 aromatic rings. The molecule has 20 heavy (non-hydrogen) atoms. The minimum atomic E-state index is 0.368. The lowest BCUT2D eigenvalue weighted by Crippen LogP contribution is -2.26. The summed E-state index contributed by atoms with van der Waals surface area (Å²) in [5, 5.41) is 8.15. The molecule has 1 aliphatic rings. The van der Waals surface area contributed by atoms with Crippen LogP contribution in [-0.4, -0.2) is 23.4 Å². The molecule has 0 amide bonds. The molecule has 1 N–H and O–H groups in total. The number of methoxy groups -OCH3 is 1. The fourth-order valence-electron chi connectivity index (χ4n) is 3.39. The number of rotatable bonds is 8. The molecule has 0 radical (unpaired) electrons. The zero-order valence-electron chi connectivity index (χ0n) is 13.2. The van der Waals surface area contributed by atoms with Crippen molar-refractivity contribution in [1.82, 2.24) is 15.1 Å². The highest BCUT2D eigenvalue weighted by atomic mass is 16.5. The van der Waals surface area contributed by atoms with E-state index in [1.807, 2.05) is 6.20 Å². The summed E-state index contributed by atoms with van der Waals surface area (Å²) >= 11 is 0. The van der Waals surface area contributed by atoms with Gasteiger partial charge in [0.15, 0.2) is 5.75 Å². The van der Waals surface area contributed by atoms with Crippen LogP contribution in [0, 0.1) is 5.92 Å². The monoisotopic (exact) mass is 279 g/mol. The lowest BCUT2D eigenvalue weighted by Gasteiger charge is -2.23. The Bertz CT molecular complexity index is 396. The van der Waals surface area contributed by atoms with Crippen molar-refractivity contribution in [2.45, 2.75) is 65.0 Å². The van der Waals surface area contributed by atoms with Crippen LogP contribution in [0.3, 0.4) is 0 Å². The SMILES string of the molecule is CCCn1ncc(OC)c1C(CC1CCCC1)NCC. The first kappa shape index (κ1) is 15.4. The Morgan fingerprint density at radius 1 is 1.40 bits per heavy atom. The summed E-state index contributed by atoms with van der Waals surface area (Å²) in [6.07, 6.45) is 9.73. The van der Waals surface area contributed by atoms with Crippen LogP contribution >= 0.6 is 0 Å². The third kappa shape index (κ3) is 3.54. The number of hydrogen-bond acceptors (Lipinski definition) is 3. The van der Waals surface area contributed by atoms with E-state index in [0.29, 0.717) is 6.04 Å². The van der Waals surface area contributed by atoms with Crippen molar-refractivity contribution in [3.8, 4) is 5.75 Å². The van der Waals surface area contributed by atoms with Crippen molar-refractivity contribution >= 4 is 0 Å². The van der Waals surface area contributed by atoms with Gasteiger partial charge in [-0.2, -0.15) is 5.10 Å². The minimum Gasteiger partial charge on any atom is -0.493 e. The fraction of sp³-hybridized carbons (Fsp3) is 0.812. The van der Waals surface area contributed by atoms with E-state index in [0.717, 1.165) is 31.2 Å². The van der Waals surface area contributed by atoms with Crippen molar-refractivity contribution < 1.29 is 4.74 Å². The quantitative estimate of drug-likeness (QED) is 0.791. The number of nitrogens with one attached hydrogen (secondary N) is 1. The highest BCUT2D eigenvalue weighted by Gasteiger charge is 2.26. The van der Waals surface area contributed by atoms with Crippen LogP contribution in [0.4, 0.5) is 0 Å². The third-order valence-corrected chi connectivity index (χ3v) is 4.32. The molecule has 1 heterocycles. The Morgan fingerprint density at radius 2 is 2.15 bits per heavy atom. The summed E-state index contributed by atoms with van der Waals surface area (Å²) in [6.45, 7) is 6.31.